The van der Waals surface area contributed by atoms with Gasteiger partial charge in [-0.1, -0.05) is 54.9 Å². The molecule has 1 aliphatic heterocycles. The summed E-state index contributed by atoms with van der Waals surface area (Å²) >= 11 is 0. The topological polar surface area (TPSA) is 152 Å². The molecule has 0 unspecified atom stereocenters. The predicted octanol–water partition coefficient (Wildman–Crippen LogP) is 1.73. The van der Waals surface area contributed by atoms with E-state index in [4.69, 9.17) is 14.0 Å². The lowest BCUT2D eigenvalue weighted by atomic mass is 9.93. The van der Waals surface area contributed by atoms with Crippen LogP contribution in [0.3, 0.4) is 0 Å². The molecule has 2 heterocycles. The number of carbonyl (C=O) groups is 4. The SMILES string of the molecule is COC[C@H](NC(=O)c1cc(C)no1)C(=O)NCC(=O)N[C@@H](CC(C)C)C(=O)[C@@]1(C)CO1.Cc1ccccc1. The molecule has 1 aliphatic rings. The van der Waals surface area contributed by atoms with Crippen LogP contribution < -0.4 is 16.0 Å². The van der Waals surface area contributed by atoms with Gasteiger partial charge < -0.3 is 29.9 Å². The molecule has 1 aromatic carbocycles. The van der Waals surface area contributed by atoms with Gasteiger partial charge in [0.15, 0.2) is 5.78 Å². The van der Waals surface area contributed by atoms with Crippen LogP contribution in [0.25, 0.3) is 0 Å². The number of benzene rings is 1. The number of ketones is 1. The number of aromatic nitrogens is 1. The maximum absolute atomic E-state index is 12.6. The van der Waals surface area contributed by atoms with Gasteiger partial charge in [-0.15, -0.1) is 0 Å². The first-order valence-corrected chi connectivity index (χ1v) is 12.4. The molecule has 3 amide bonds. The van der Waals surface area contributed by atoms with Crippen molar-refractivity contribution in [2.24, 2.45) is 5.92 Å². The van der Waals surface area contributed by atoms with Crippen molar-refractivity contribution in [1.29, 1.82) is 0 Å². The van der Waals surface area contributed by atoms with Gasteiger partial charge in [0.1, 0.15) is 11.6 Å². The van der Waals surface area contributed by atoms with Crippen LogP contribution in [0.5, 0.6) is 0 Å². The fourth-order valence-electron chi connectivity index (χ4n) is 3.44. The fraction of sp³-hybridized carbons (Fsp3) is 0.519. The van der Waals surface area contributed by atoms with Crippen LogP contribution in [0, 0.1) is 19.8 Å². The molecule has 0 spiro atoms. The Balaban J connectivity index is 0.000000624. The van der Waals surface area contributed by atoms with Gasteiger partial charge in [0.2, 0.25) is 17.6 Å². The molecule has 38 heavy (non-hydrogen) atoms. The number of carbonyl (C=O) groups excluding carboxylic acids is 4. The summed E-state index contributed by atoms with van der Waals surface area (Å²) in [6, 6.07) is 9.93. The minimum Gasteiger partial charge on any atom is -0.382 e. The van der Waals surface area contributed by atoms with E-state index in [1.165, 1.54) is 18.7 Å². The van der Waals surface area contributed by atoms with Crippen molar-refractivity contribution >= 4 is 23.5 Å². The van der Waals surface area contributed by atoms with Crippen molar-refractivity contribution in [3.05, 3.63) is 53.4 Å². The highest BCUT2D eigenvalue weighted by Gasteiger charge is 2.50. The van der Waals surface area contributed by atoms with E-state index in [1.807, 2.05) is 32.0 Å². The molecule has 0 aliphatic carbocycles. The Morgan fingerprint density at radius 1 is 1.08 bits per heavy atom. The van der Waals surface area contributed by atoms with E-state index in [2.05, 4.69) is 40.2 Å². The van der Waals surface area contributed by atoms with Crippen molar-refractivity contribution in [2.75, 3.05) is 26.9 Å². The number of rotatable bonds is 12. The van der Waals surface area contributed by atoms with E-state index < -0.39 is 35.4 Å². The molecule has 1 fully saturated rings. The van der Waals surface area contributed by atoms with Crippen LogP contribution in [0.4, 0.5) is 0 Å². The number of Topliss-reactive ketones (excluding diaryl/α,β-unsaturated/α-hetero) is 1. The minimum atomic E-state index is -1.05. The van der Waals surface area contributed by atoms with Crippen LogP contribution >= 0.6 is 0 Å². The van der Waals surface area contributed by atoms with Crippen molar-refractivity contribution < 1.29 is 33.2 Å². The monoisotopic (exact) mass is 530 g/mol. The van der Waals surface area contributed by atoms with Crippen LogP contribution in [-0.4, -0.2) is 73.2 Å². The van der Waals surface area contributed by atoms with Crippen molar-refractivity contribution in [3.8, 4) is 0 Å². The summed E-state index contributed by atoms with van der Waals surface area (Å²) in [4.78, 5) is 49.6. The molecule has 0 saturated carbocycles. The molecule has 0 radical (unpaired) electrons. The second kappa shape index (κ2) is 14.4. The summed E-state index contributed by atoms with van der Waals surface area (Å²) in [5.41, 5.74) is 0.983. The van der Waals surface area contributed by atoms with Gasteiger partial charge >= 0.3 is 0 Å². The van der Waals surface area contributed by atoms with Crippen molar-refractivity contribution in [1.82, 2.24) is 21.1 Å². The van der Waals surface area contributed by atoms with Gasteiger partial charge in [-0.2, -0.15) is 0 Å². The molecule has 3 N–H and O–H groups in total. The summed E-state index contributed by atoms with van der Waals surface area (Å²) in [6.45, 7) is 9.16. The highest BCUT2D eigenvalue weighted by atomic mass is 16.6. The molecule has 1 saturated heterocycles. The van der Waals surface area contributed by atoms with E-state index in [0.29, 0.717) is 18.7 Å². The van der Waals surface area contributed by atoms with E-state index in [1.54, 1.807) is 13.8 Å². The average Bonchev–Trinajstić information content (AvgIpc) is 3.47. The first-order valence-electron chi connectivity index (χ1n) is 12.4. The number of nitrogens with one attached hydrogen (secondary N) is 3. The van der Waals surface area contributed by atoms with Crippen LogP contribution in [0.15, 0.2) is 40.9 Å². The Bertz CT molecular complexity index is 1080. The first kappa shape index (κ1) is 30.7. The molecule has 11 nitrogen and oxygen atoms in total. The summed E-state index contributed by atoms with van der Waals surface area (Å²) < 4.78 is 15.0. The first-order chi connectivity index (χ1) is 17.9. The lowest BCUT2D eigenvalue weighted by Gasteiger charge is -2.22. The average molecular weight is 531 g/mol. The van der Waals surface area contributed by atoms with E-state index >= 15 is 0 Å². The number of aryl methyl sites for hydroxylation is 2. The van der Waals surface area contributed by atoms with Crippen LogP contribution in [0.2, 0.25) is 0 Å². The van der Waals surface area contributed by atoms with Crippen LogP contribution in [-0.2, 0) is 23.9 Å². The number of methoxy groups -OCH3 is 1. The maximum Gasteiger partial charge on any atom is 0.290 e. The smallest absolute Gasteiger partial charge is 0.290 e. The van der Waals surface area contributed by atoms with Crippen molar-refractivity contribution in [2.45, 2.75) is 58.7 Å². The Morgan fingerprint density at radius 2 is 1.74 bits per heavy atom. The van der Waals surface area contributed by atoms with Gasteiger partial charge in [0, 0.05) is 13.2 Å². The Morgan fingerprint density at radius 3 is 2.21 bits per heavy atom. The summed E-state index contributed by atoms with van der Waals surface area (Å²) in [5.74, 6) is -1.84. The van der Waals surface area contributed by atoms with Gasteiger partial charge in [-0.3, -0.25) is 19.2 Å². The Hall–Kier alpha value is -3.57. The second-order valence-electron chi connectivity index (χ2n) is 9.82. The summed E-state index contributed by atoms with van der Waals surface area (Å²) in [6.07, 6.45) is 0.455. The molecule has 3 atom stereocenters. The van der Waals surface area contributed by atoms with E-state index in [9.17, 15) is 19.2 Å². The molecular formula is C27H38N4O7. The Kier molecular flexibility index (Phi) is 11.6. The van der Waals surface area contributed by atoms with Gasteiger partial charge in [-0.05, 0) is 33.1 Å². The zero-order valence-corrected chi connectivity index (χ0v) is 22.8. The number of ether oxygens (including phenoxy) is 2. The lowest BCUT2D eigenvalue weighted by molar-refractivity contribution is -0.131. The number of nitrogens with zero attached hydrogens (tertiary/aromatic N) is 1. The zero-order valence-electron chi connectivity index (χ0n) is 22.8. The molecule has 3 rings (SSSR count). The third-order valence-corrected chi connectivity index (χ3v) is 5.63. The number of hydrogen-bond donors (Lipinski definition) is 3. The summed E-state index contributed by atoms with van der Waals surface area (Å²) in [7, 11) is 1.38. The molecular weight excluding hydrogens is 492 g/mol. The maximum atomic E-state index is 12.6. The quantitative estimate of drug-likeness (QED) is 0.351. The standard InChI is InChI=1S/C20H30N4O7.C7H8/c1-11(2)6-13(17(26)20(4)10-30-20)22-16(25)8-21-18(27)14(9-29-5)23-19(28)15-7-12(3)24-31-15;1-7-5-3-2-4-6-7/h7,11,13-14H,6,8-10H2,1-5H3,(H,21,27)(H,22,25)(H,23,28);2-6H,1H3/t13-,14-,20+;/m0./s1. The number of epoxide rings is 1. The van der Waals surface area contributed by atoms with Crippen molar-refractivity contribution in [3.63, 3.8) is 0 Å². The van der Waals surface area contributed by atoms with Gasteiger partial charge in [0.25, 0.3) is 5.91 Å². The minimum absolute atomic E-state index is 0.0463. The molecule has 2 aromatic rings. The van der Waals surface area contributed by atoms with Gasteiger partial charge in [-0.25, -0.2) is 0 Å². The lowest BCUT2D eigenvalue weighted by Crippen LogP contribution is -2.53. The largest absolute Gasteiger partial charge is 0.382 e. The fourth-order valence-corrected chi connectivity index (χ4v) is 3.44. The van der Waals surface area contributed by atoms with E-state index in [0.717, 1.165) is 0 Å². The second-order valence-corrected chi connectivity index (χ2v) is 9.82. The zero-order chi connectivity index (χ0) is 28.3. The molecule has 0 bridgehead atoms. The van der Waals surface area contributed by atoms with Crippen LogP contribution in [0.1, 0.15) is 49.0 Å². The highest BCUT2D eigenvalue weighted by Crippen LogP contribution is 2.29. The predicted molar refractivity (Wildman–Crippen MR) is 139 cm³/mol. The molecule has 208 valence electrons. The van der Waals surface area contributed by atoms with E-state index in [-0.39, 0.29) is 30.6 Å². The number of hydrogen-bond acceptors (Lipinski definition) is 8. The normalized spacial score (nSPS) is 17.4. The number of amides is 3. The summed E-state index contributed by atoms with van der Waals surface area (Å²) in [5, 5.41) is 11.2. The third kappa shape index (κ3) is 10.1. The highest BCUT2D eigenvalue weighted by molar-refractivity contribution is 5.98. The van der Waals surface area contributed by atoms with Gasteiger partial charge in [0.05, 0.1) is 31.5 Å². The molecule has 11 heteroatoms. The molecule has 1 aromatic heterocycles. The third-order valence-electron chi connectivity index (χ3n) is 5.63. The Labute approximate surface area is 223 Å².